The third kappa shape index (κ3) is 2.72. The number of ketones is 1. The van der Waals surface area contributed by atoms with Crippen molar-refractivity contribution >= 4 is 11.8 Å². The van der Waals surface area contributed by atoms with Crippen LogP contribution in [0.3, 0.4) is 0 Å². The van der Waals surface area contributed by atoms with E-state index < -0.39 is 35.6 Å². The first-order valence-corrected chi connectivity index (χ1v) is 10.2. The van der Waals surface area contributed by atoms with E-state index in [0.29, 0.717) is 12.8 Å². The summed E-state index contributed by atoms with van der Waals surface area (Å²) < 4.78 is 5.77. The Morgan fingerprint density at radius 2 is 2.00 bits per heavy atom. The summed E-state index contributed by atoms with van der Waals surface area (Å²) in [6, 6.07) is 0. The lowest BCUT2D eigenvalue weighted by molar-refractivity contribution is -0.207. The fourth-order valence-electron chi connectivity index (χ4n) is 6.70. The number of hydrogen-bond donors (Lipinski definition) is 2. The molecule has 2 bridgehead atoms. The number of carbonyl (C=O) groups excluding carboxylic acids is 2. The maximum Gasteiger partial charge on any atom is 0.332 e. The van der Waals surface area contributed by atoms with Gasteiger partial charge < -0.3 is 14.9 Å². The van der Waals surface area contributed by atoms with Crippen LogP contribution in [0.25, 0.3) is 0 Å². The van der Waals surface area contributed by atoms with Crippen molar-refractivity contribution in [1.82, 2.24) is 0 Å². The summed E-state index contributed by atoms with van der Waals surface area (Å²) in [5.74, 6) is -0.520. The summed E-state index contributed by atoms with van der Waals surface area (Å²) in [6.07, 6.45) is 4.10. The second-order valence-corrected chi connectivity index (χ2v) is 9.72. The summed E-state index contributed by atoms with van der Waals surface area (Å²) in [4.78, 5) is 25.2. The second-order valence-electron chi connectivity index (χ2n) is 9.72. The molecule has 0 aromatic heterocycles. The third-order valence-corrected chi connectivity index (χ3v) is 8.70. The zero-order valence-corrected chi connectivity index (χ0v) is 17.0. The number of Topliss-reactive ketones (excluding diaryl/α,β-unsaturated/α-hetero) is 1. The van der Waals surface area contributed by atoms with Crippen LogP contribution >= 0.6 is 0 Å². The van der Waals surface area contributed by atoms with Gasteiger partial charge in [0.05, 0.1) is 6.10 Å². The van der Waals surface area contributed by atoms with Gasteiger partial charge in [0.2, 0.25) is 0 Å². The van der Waals surface area contributed by atoms with E-state index in [2.05, 4.69) is 27.4 Å². The summed E-state index contributed by atoms with van der Waals surface area (Å²) in [5.41, 5.74) is -1.43. The number of ether oxygens (including phenoxy) is 1. The van der Waals surface area contributed by atoms with Gasteiger partial charge in [-0.25, -0.2) is 4.79 Å². The molecule has 0 saturated heterocycles. The predicted octanol–water partition coefficient (Wildman–Crippen LogP) is 2.89. The fraction of sp³-hybridized carbons (Fsp3) is 0.818. The molecule has 152 valence electrons. The van der Waals surface area contributed by atoms with Gasteiger partial charge in [0.1, 0.15) is 18.5 Å². The highest BCUT2D eigenvalue weighted by molar-refractivity contribution is 5.85. The van der Waals surface area contributed by atoms with Crippen molar-refractivity contribution in [3.05, 3.63) is 12.7 Å². The monoisotopic (exact) mass is 378 g/mol. The SMILES string of the molecule is C=C[C@]1(C)C[C@H](OC(=O)CO)[C@@]2(C)[C@H](C)CC[C@@]3(CCC(=O)[C@@H]32)[C@@H](C)[C@@H]1O. The molecule has 3 saturated carbocycles. The predicted molar refractivity (Wildman–Crippen MR) is 102 cm³/mol. The molecule has 0 amide bonds. The van der Waals surface area contributed by atoms with Crippen LogP contribution in [0.2, 0.25) is 0 Å². The normalized spacial score (nSPS) is 49.7. The molecular formula is C22H34O5. The topological polar surface area (TPSA) is 83.8 Å². The van der Waals surface area contributed by atoms with Gasteiger partial charge in [0.15, 0.2) is 0 Å². The van der Waals surface area contributed by atoms with E-state index in [1.165, 1.54) is 0 Å². The number of rotatable bonds is 3. The molecule has 3 rings (SSSR count). The maximum atomic E-state index is 13.1. The Bertz CT molecular complexity index is 645. The number of carbonyl (C=O) groups is 2. The number of hydrogen-bond acceptors (Lipinski definition) is 5. The molecule has 5 nitrogen and oxygen atoms in total. The van der Waals surface area contributed by atoms with Crippen LogP contribution in [-0.2, 0) is 14.3 Å². The van der Waals surface area contributed by atoms with E-state index in [0.717, 1.165) is 19.3 Å². The zero-order chi connectivity index (χ0) is 20.2. The molecule has 3 fully saturated rings. The average molecular weight is 379 g/mol. The minimum Gasteiger partial charge on any atom is -0.460 e. The van der Waals surface area contributed by atoms with Gasteiger partial charge in [-0.1, -0.05) is 33.8 Å². The van der Waals surface area contributed by atoms with Crippen LogP contribution in [-0.4, -0.2) is 40.8 Å². The molecule has 0 aromatic carbocycles. The van der Waals surface area contributed by atoms with Crippen molar-refractivity contribution in [3.63, 3.8) is 0 Å². The molecule has 8 atom stereocenters. The molecule has 0 aliphatic heterocycles. The van der Waals surface area contributed by atoms with Gasteiger partial charge in [0.25, 0.3) is 0 Å². The number of aliphatic hydroxyl groups excluding tert-OH is 2. The lowest BCUT2D eigenvalue weighted by Crippen LogP contribution is -2.63. The molecule has 0 heterocycles. The summed E-state index contributed by atoms with van der Waals surface area (Å²) in [5, 5.41) is 20.6. The Morgan fingerprint density at radius 1 is 1.33 bits per heavy atom. The van der Waals surface area contributed by atoms with Crippen LogP contribution in [0.4, 0.5) is 0 Å². The first-order chi connectivity index (χ1) is 12.6. The Labute approximate surface area is 162 Å². The van der Waals surface area contributed by atoms with Crippen LogP contribution in [0.1, 0.15) is 59.8 Å². The lowest BCUT2D eigenvalue weighted by atomic mass is 9.44. The van der Waals surface area contributed by atoms with Crippen molar-refractivity contribution in [2.75, 3.05) is 6.61 Å². The molecule has 2 N–H and O–H groups in total. The Morgan fingerprint density at radius 3 is 2.59 bits per heavy atom. The van der Waals surface area contributed by atoms with Crippen LogP contribution in [0.15, 0.2) is 12.7 Å². The molecule has 0 spiro atoms. The molecule has 27 heavy (non-hydrogen) atoms. The summed E-state index contributed by atoms with van der Waals surface area (Å²) in [6.45, 7) is 11.5. The largest absolute Gasteiger partial charge is 0.460 e. The van der Waals surface area contributed by atoms with Gasteiger partial charge >= 0.3 is 5.97 Å². The second kappa shape index (κ2) is 6.70. The molecule has 5 heteroatoms. The highest BCUT2D eigenvalue weighted by Crippen LogP contribution is 2.67. The van der Waals surface area contributed by atoms with Gasteiger partial charge in [-0.2, -0.15) is 0 Å². The minimum atomic E-state index is -0.686. The summed E-state index contributed by atoms with van der Waals surface area (Å²) in [7, 11) is 0. The lowest BCUT2D eigenvalue weighted by Gasteiger charge is -2.61. The molecule has 0 aromatic rings. The minimum absolute atomic E-state index is 0.0433. The van der Waals surface area contributed by atoms with Crippen molar-refractivity contribution < 1.29 is 24.5 Å². The highest BCUT2D eigenvalue weighted by Gasteiger charge is 2.68. The van der Waals surface area contributed by atoms with Crippen molar-refractivity contribution in [2.45, 2.75) is 72.0 Å². The molecule has 0 unspecified atom stereocenters. The Hall–Kier alpha value is -1.20. The molecule has 3 aliphatic carbocycles. The van der Waals surface area contributed by atoms with Gasteiger partial charge in [-0.3, -0.25) is 4.79 Å². The average Bonchev–Trinajstić information content (AvgIpc) is 3.00. The fourth-order valence-corrected chi connectivity index (χ4v) is 6.70. The maximum absolute atomic E-state index is 13.1. The van der Waals surface area contributed by atoms with Gasteiger partial charge in [0, 0.05) is 23.2 Å². The molecule has 0 radical (unpaired) electrons. The van der Waals surface area contributed by atoms with Crippen LogP contribution in [0, 0.1) is 34.0 Å². The first-order valence-electron chi connectivity index (χ1n) is 10.2. The molecular weight excluding hydrogens is 344 g/mol. The van der Waals surface area contributed by atoms with Crippen molar-refractivity contribution in [2.24, 2.45) is 34.0 Å². The smallest absolute Gasteiger partial charge is 0.332 e. The summed E-state index contributed by atoms with van der Waals surface area (Å²) >= 11 is 0. The number of aliphatic hydroxyl groups is 2. The van der Waals surface area contributed by atoms with E-state index >= 15 is 0 Å². The number of esters is 1. The third-order valence-electron chi connectivity index (χ3n) is 8.70. The highest BCUT2D eigenvalue weighted by atomic mass is 16.6. The quantitative estimate of drug-likeness (QED) is 0.583. The molecule has 3 aliphatic rings. The Balaban J connectivity index is 2.21. The van der Waals surface area contributed by atoms with Crippen molar-refractivity contribution in [1.29, 1.82) is 0 Å². The van der Waals surface area contributed by atoms with E-state index in [1.54, 1.807) is 6.08 Å². The first kappa shape index (κ1) is 20.5. The van der Waals surface area contributed by atoms with Crippen LogP contribution < -0.4 is 0 Å². The van der Waals surface area contributed by atoms with E-state index in [9.17, 15) is 19.8 Å². The van der Waals surface area contributed by atoms with Gasteiger partial charge in [-0.05, 0) is 42.9 Å². The standard InChI is InChI=1S/C22H34O5/c1-6-20(4)11-16(27-17(25)12-23)21(5)13(2)7-9-22(14(3)19(20)26)10-8-15(24)18(21)22/h6,13-14,16,18-19,23,26H,1,7-12H2,2-5H3/t13-,14+,16+,18-,19+,20-,21-,22-/m1/s1. The van der Waals surface area contributed by atoms with E-state index in [1.807, 2.05) is 6.92 Å². The Kier molecular flexibility index (Phi) is 5.09. The van der Waals surface area contributed by atoms with E-state index in [4.69, 9.17) is 4.74 Å². The van der Waals surface area contributed by atoms with Gasteiger partial charge in [-0.15, -0.1) is 6.58 Å². The zero-order valence-electron chi connectivity index (χ0n) is 17.0. The van der Waals surface area contributed by atoms with E-state index in [-0.39, 0.29) is 29.0 Å². The van der Waals surface area contributed by atoms with Crippen molar-refractivity contribution in [3.8, 4) is 0 Å². The van der Waals surface area contributed by atoms with Crippen LogP contribution in [0.5, 0.6) is 0 Å².